The maximum Gasteiger partial charge on any atom is 0.352 e. The van der Waals surface area contributed by atoms with E-state index in [0.717, 1.165) is 0 Å². The number of aromatic nitrogens is 1. The summed E-state index contributed by atoms with van der Waals surface area (Å²) in [5.41, 5.74) is 0.228. The first-order chi connectivity index (χ1) is 6.70. The lowest BCUT2D eigenvalue weighted by Gasteiger charge is -1.91. The fraction of sp³-hybridized carbons (Fsp3) is 0. The minimum Gasteiger partial charge on any atom is -0.477 e. The molecule has 0 saturated heterocycles. The van der Waals surface area contributed by atoms with Crippen LogP contribution in [0.15, 0.2) is 41.2 Å². The van der Waals surface area contributed by atoms with Gasteiger partial charge < -0.3 is 5.11 Å². The van der Waals surface area contributed by atoms with Gasteiger partial charge in [-0.2, -0.15) is 0 Å². The minimum atomic E-state index is -1.10. The number of hydrogen-bond acceptors (Lipinski definition) is 2. The van der Waals surface area contributed by atoms with E-state index in [2.05, 4.69) is 0 Å². The first-order valence-corrected chi connectivity index (χ1v) is 4.04. The summed E-state index contributed by atoms with van der Waals surface area (Å²) in [4.78, 5) is 22.2. The predicted molar refractivity (Wildman–Crippen MR) is 50.6 cm³/mol. The molecular weight excluding hydrogens is 182 g/mol. The summed E-state index contributed by atoms with van der Waals surface area (Å²) in [6.45, 7) is 0. The number of hydrogen-bond donors (Lipinski definition) is 1. The minimum absolute atomic E-state index is 0.0128. The van der Waals surface area contributed by atoms with Gasteiger partial charge in [-0.15, -0.1) is 0 Å². The second kappa shape index (κ2) is 2.99. The van der Waals surface area contributed by atoms with Gasteiger partial charge in [0.2, 0.25) is 0 Å². The van der Waals surface area contributed by atoms with E-state index in [0.29, 0.717) is 5.52 Å². The van der Waals surface area contributed by atoms with Crippen LogP contribution in [-0.2, 0) is 0 Å². The summed E-state index contributed by atoms with van der Waals surface area (Å²) < 4.78 is 1.17. The fourth-order valence-corrected chi connectivity index (χ4v) is 1.36. The summed E-state index contributed by atoms with van der Waals surface area (Å²) >= 11 is 0. The zero-order valence-corrected chi connectivity index (χ0v) is 7.18. The van der Waals surface area contributed by atoms with E-state index in [1.165, 1.54) is 16.5 Å². The van der Waals surface area contributed by atoms with Crippen LogP contribution >= 0.6 is 0 Å². The Bertz CT molecular complexity index is 557. The van der Waals surface area contributed by atoms with Crippen molar-refractivity contribution in [2.45, 2.75) is 0 Å². The molecule has 0 atom stereocenters. The molecule has 2 rings (SSSR count). The van der Waals surface area contributed by atoms with Gasteiger partial charge in [0.15, 0.2) is 0 Å². The van der Waals surface area contributed by atoms with Gasteiger partial charge >= 0.3 is 5.97 Å². The van der Waals surface area contributed by atoms with Gasteiger partial charge in [0.25, 0.3) is 5.56 Å². The van der Waals surface area contributed by atoms with Gasteiger partial charge in [-0.1, -0.05) is 12.1 Å². The summed E-state index contributed by atoms with van der Waals surface area (Å²) in [7, 11) is 0. The quantitative estimate of drug-likeness (QED) is 0.727. The molecule has 4 nitrogen and oxygen atoms in total. The number of aromatic carboxylic acids is 1. The van der Waals surface area contributed by atoms with Crippen molar-refractivity contribution in [2.75, 3.05) is 0 Å². The summed E-state index contributed by atoms with van der Waals surface area (Å²) in [6, 6.07) is 9.32. The van der Waals surface area contributed by atoms with Crippen molar-refractivity contribution in [3.05, 3.63) is 52.4 Å². The van der Waals surface area contributed by atoms with Gasteiger partial charge in [0.1, 0.15) is 5.69 Å². The van der Waals surface area contributed by atoms with E-state index in [-0.39, 0.29) is 11.3 Å². The molecule has 0 bridgehead atoms. The van der Waals surface area contributed by atoms with E-state index >= 15 is 0 Å². The lowest BCUT2D eigenvalue weighted by molar-refractivity contribution is 0.0689. The largest absolute Gasteiger partial charge is 0.477 e. The van der Waals surface area contributed by atoms with Crippen molar-refractivity contribution in [1.82, 2.24) is 4.40 Å². The standard InChI is InChI=1S/C10H7NO3/c12-9-4-2-1-3-7-5-6-8(10(13)14)11(7)9/h1-6H,(H,13,14). The molecule has 1 N–H and O–H groups in total. The Labute approximate surface area is 79.0 Å². The summed E-state index contributed by atoms with van der Waals surface area (Å²) in [6.07, 6.45) is 0. The SMILES string of the molecule is O=C(O)c1ccc2ccccc(=O)n12. The Hall–Kier alpha value is -2.10. The van der Waals surface area contributed by atoms with Crippen LogP contribution < -0.4 is 5.56 Å². The number of fused-ring (bicyclic) bond motifs is 1. The molecule has 14 heavy (non-hydrogen) atoms. The Morgan fingerprint density at radius 3 is 2.57 bits per heavy atom. The second-order valence-electron chi connectivity index (χ2n) is 2.84. The van der Waals surface area contributed by atoms with Gasteiger partial charge in [-0.05, 0) is 18.2 Å². The van der Waals surface area contributed by atoms with E-state index in [4.69, 9.17) is 5.11 Å². The first-order valence-electron chi connectivity index (χ1n) is 4.04. The van der Waals surface area contributed by atoms with Crippen molar-refractivity contribution < 1.29 is 9.90 Å². The Balaban J connectivity index is 2.99. The normalized spacial score (nSPS) is 10.3. The molecule has 0 unspecified atom stereocenters. The maximum atomic E-state index is 11.5. The van der Waals surface area contributed by atoms with Gasteiger partial charge in [-0.25, -0.2) is 4.79 Å². The third-order valence-corrected chi connectivity index (χ3v) is 1.97. The Morgan fingerprint density at radius 2 is 1.86 bits per heavy atom. The molecule has 2 aromatic heterocycles. The third kappa shape index (κ3) is 1.17. The van der Waals surface area contributed by atoms with E-state index in [1.54, 1.807) is 24.3 Å². The van der Waals surface area contributed by atoms with Crippen LogP contribution in [0.25, 0.3) is 5.52 Å². The van der Waals surface area contributed by atoms with Crippen LogP contribution in [0.1, 0.15) is 10.5 Å². The molecule has 0 fully saturated rings. The molecule has 70 valence electrons. The van der Waals surface area contributed by atoms with Crippen LogP contribution in [0.5, 0.6) is 0 Å². The molecule has 0 amide bonds. The third-order valence-electron chi connectivity index (χ3n) is 1.97. The van der Waals surface area contributed by atoms with Crippen LogP contribution in [0, 0.1) is 0 Å². The van der Waals surface area contributed by atoms with Crippen molar-refractivity contribution in [3.8, 4) is 0 Å². The van der Waals surface area contributed by atoms with Gasteiger partial charge in [-0.3, -0.25) is 9.20 Å². The molecule has 2 aromatic rings. The number of nitrogens with zero attached hydrogens (tertiary/aromatic N) is 1. The Kier molecular flexibility index (Phi) is 1.81. The van der Waals surface area contributed by atoms with Crippen molar-refractivity contribution >= 4 is 11.5 Å². The topological polar surface area (TPSA) is 58.8 Å². The van der Waals surface area contributed by atoms with Gasteiger partial charge in [0.05, 0.1) is 0 Å². The monoisotopic (exact) mass is 189 g/mol. The molecule has 0 radical (unpaired) electrons. The molecule has 0 spiro atoms. The zero-order valence-electron chi connectivity index (χ0n) is 7.18. The molecule has 0 aliphatic rings. The fourth-order valence-electron chi connectivity index (χ4n) is 1.36. The summed E-state index contributed by atoms with van der Waals surface area (Å²) in [5.74, 6) is -1.10. The number of carboxylic acids is 1. The van der Waals surface area contributed by atoms with Crippen LogP contribution in [0.4, 0.5) is 0 Å². The molecule has 0 aromatic carbocycles. The second-order valence-corrected chi connectivity index (χ2v) is 2.84. The molecular formula is C10H7NO3. The molecule has 0 aliphatic carbocycles. The highest BCUT2D eigenvalue weighted by atomic mass is 16.4. The van der Waals surface area contributed by atoms with E-state index in [9.17, 15) is 9.59 Å². The van der Waals surface area contributed by atoms with E-state index in [1.807, 2.05) is 0 Å². The first kappa shape index (κ1) is 8.50. The van der Waals surface area contributed by atoms with Crippen molar-refractivity contribution in [3.63, 3.8) is 0 Å². The highest BCUT2D eigenvalue weighted by Crippen LogP contribution is 2.05. The Morgan fingerprint density at radius 1 is 1.14 bits per heavy atom. The average Bonchev–Trinajstić information content (AvgIpc) is 2.48. The average molecular weight is 189 g/mol. The number of rotatable bonds is 1. The predicted octanol–water partition coefficient (Wildman–Crippen LogP) is 0.998. The van der Waals surface area contributed by atoms with Crippen LogP contribution in [-0.4, -0.2) is 15.5 Å². The van der Waals surface area contributed by atoms with Crippen LogP contribution in [0.3, 0.4) is 0 Å². The highest BCUT2D eigenvalue weighted by Gasteiger charge is 2.09. The smallest absolute Gasteiger partial charge is 0.352 e. The van der Waals surface area contributed by atoms with Crippen LogP contribution in [0.2, 0.25) is 0 Å². The lowest BCUT2D eigenvalue weighted by atomic mass is 10.4. The van der Waals surface area contributed by atoms with Crippen molar-refractivity contribution in [1.29, 1.82) is 0 Å². The highest BCUT2D eigenvalue weighted by molar-refractivity contribution is 5.87. The molecule has 0 aliphatic heterocycles. The zero-order chi connectivity index (χ0) is 10.1. The lowest BCUT2D eigenvalue weighted by Crippen LogP contribution is -2.13. The van der Waals surface area contributed by atoms with Gasteiger partial charge in [0, 0.05) is 11.6 Å². The molecule has 4 heteroatoms. The maximum absolute atomic E-state index is 11.5. The number of carboxylic acid groups (broad SMARTS) is 1. The number of carbonyl (C=O) groups is 1. The molecule has 2 heterocycles. The van der Waals surface area contributed by atoms with Crippen molar-refractivity contribution in [2.24, 2.45) is 0 Å². The summed E-state index contributed by atoms with van der Waals surface area (Å²) in [5, 5.41) is 8.82. The molecule has 0 saturated carbocycles. The van der Waals surface area contributed by atoms with E-state index < -0.39 is 5.97 Å².